The van der Waals surface area contributed by atoms with Gasteiger partial charge in [-0.05, 0) is 86.3 Å². The Labute approximate surface area is 357 Å². The van der Waals surface area contributed by atoms with Gasteiger partial charge in [-0.2, -0.15) is 13.2 Å². The van der Waals surface area contributed by atoms with Crippen LogP contribution >= 0.6 is 0 Å². The Morgan fingerprint density at radius 1 is 0.721 bits per heavy atom. The van der Waals surface area contributed by atoms with Crippen LogP contribution in [0.25, 0.3) is 0 Å². The number of benzene rings is 3. The van der Waals surface area contributed by atoms with Gasteiger partial charge in [-0.1, -0.05) is 81.8 Å². The Bertz CT molecular complexity index is 1730. The molecule has 0 saturated carbocycles. The van der Waals surface area contributed by atoms with Crippen molar-refractivity contribution in [3.05, 3.63) is 95.6 Å². The lowest BCUT2D eigenvalue weighted by molar-refractivity contribution is -0.173. The van der Waals surface area contributed by atoms with Gasteiger partial charge in [0, 0.05) is 31.5 Å². The van der Waals surface area contributed by atoms with E-state index < -0.39 is 35.0 Å². The fourth-order valence-electron chi connectivity index (χ4n) is 7.12. The van der Waals surface area contributed by atoms with E-state index in [9.17, 15) is 32.3 Å². The van der Waals surface area contributed by atoms with Crippen molar-refractivity contribution in [2.75, 3.05) is 66.7 Å². The number of hydrogen-bond donors (Lipinski definition) is 2. The van der Waals surface area contributed by atoms with Crippen LogP contribution in [0.3, 0.4) is 0 Å². The molecule has 0 aliphatic carbocycles. The number of aliphatic carboxylic acids is 1. The lowest BCUT2D eigenvalue weighted by Crippen LogP contribution is -2.49. The molecule has 1 aliphatic heterocycles. The topological polar surface area (TPSA) is 144 Å². The Kier molecular flexibility index (Phi) is 20.5. The standard InChI is InChI=1S/C40H47F3N2O9.C6H15N/c1-51-32-16-12-30(13-17-32)39(29-9-5-3-6-10-29,31-14-18-33(52-2)19-15-31)54-28-38(27-53-36(49)21-20-35(47)48)22-25-45(26-23-38)34(46)11-7-4-8-24-44-37(50)40(41,42)43;1-4-7(5-2)6-3/h3,5-6,9-10,12-19H,4,7-8,11,20-28H2,1-2H3,(H,44,50)(H,47,48);4-6H2,1-3H3. The molecule has 0 atom stereocenters. The lowest BCUT2D eigenvalue weighted by atomic mass is 9.77. The zero-order chi connectivity index (χ0) is 44.9. The van der Waals surface area contributed by atoms with Gasteiger partial charge in [0.1, 0.15) is 17.1 Å². The summed E-state index contributed by atoms with van der Waals surface area (Å²) in [5.74, 6) is -2.55. The summed E-state index contributed by atoms with van der Waals surface area (Å²) in [6, 6.07) is 24.8. The van der Waals surface area contributed by atoms with Gasteiger partial charge >= 0.3 is 24.0 Å². The minimum Gasteiger partial charge on any atom is -0.497 e. The van der Waals surface area contributed by atoms with Crippen molar-refractivity contribution in [1.29, 1.82) is 0 Å². The zero-order valence-corrected chi connectivity index (χ0v) is 36.1. The number of nitrogens with zero attached hydrogens (tertiary/aromatic N) is 2. The first kappa shape index (κ1) is 50.2. The maximum atomic E-state index is 13.2. The molecular weight excluding hydrogens is 796 g/mol. The minimum atomic E-state index is -4.93. The Morgan fingerprint density at radius 2 is 1.25 bits per heavy atom. The van der Waals surface area contributed by atoms with E-state index in [1.54, 1.807) is 19.1 Å². The molecule has 3 aromatic rings. The second-order valence-corrected chi connectivity index (χ2v) is 14.9. The number of rotatable bonds is 22. The SMILES string of the molecule is CCN(CC)CC.COc1ccc(C(OCC2(COC(=O)CCC(=O)O)CCN(C(=O)CCCCCNC(=O)C(F)(F)F)CC2)(c2ccccc2)c2ccc(OC)cc2)cc1. The summed E-state index contributed by atoms with van der Waals surface area (Å²) in [5.41, 5.74) is 0.523. The minimum absolute atomic E-state index is 0.0623. The molecule has 1 fully saturated rings. The molecule has 0 radical (unpaired) electrons. The average molecular weight is 858 g/mol. The number of methoxy groups -OCH3 is 2. The maximum Gasteiger partial charge on any atom is 0.471 e. The molecule has 0 unspecified atom stereocenters. The average Bonchev–Trinajstić information content (AvgIpc) is 3.27. The van der Waals surface area contributed by atoms with Crippen molar-refractivity contribution in [3.8, 4) is 11.5 Å². The Balaban J connectivity index is 0.00000130. The summed E-state index contributed by atoms with van der Waals surface area (Å²) < 4.78 is 61.0. The van der Waals surface area contributed by atoms with Crippen molar-refractivity contribution >= 4 is 23.8 Å². The molecule has 4 rings (SSSR count). The third-order valence-corrected chi connectivity index (χ3v) is 11.0. The van der Waals surface area contributed by atoms with Gasteiger partial charge in [0.15, 0.2) is 0 Å². The predicted octanol–water partition coefficient (Wildman–Crippen LogP) is 7.62. The summed E-state index contributed by atoms with van der Waals surface area (Å²) in [6.07, 6.45) is -3.39. The normalized spacial score (nSPS) is 13.8. The van der Waals surface area contributed by atoms with Crippen molar-refractivity contribution in [2.24, 2.45) is 5.41 Å². The molecule has 2 N–H and O–H groups in total. The molecule has 12 nitrogen and oxygen atoms in total. The van der Waals surface area contributed by atoms with Gasteiger partial charge in [0.05, 0.1) is 40.3 Å². The summed E-state index contributed by atoms with van der Waals surface area (Å²) in [6.45, 7) is 10.7. The molecule has 1 heterocycles. The fourth-order valence-corrected chi connectivity index (χ4v) is 7.12. The number of carbonyl (C=O) groups excluding carboxylic acids is 3. The number of esters is 1. The van der Waals surface area contributed by atoms with E-state index in [1.807, 2.05) is 84.2 Å². The van der Waals surface area contributed by atoms with E-state index >= 15 is 0 Å². The van der Waals surface area contributed by atoms with Gasteiger partial charge < -0.3 is 39.2 Å². The van der Waals surface area contributed by atoms with E-state index in [0.717, 1.165) is 16.7 Å². The van der Waals surface area contributed by atoms with Crippen LogP contribution in [0.4, 0.5) is 13.2 Å². The van der Waals surface area contributed by atoms with Crippen LogP contribution in [0.5, 0.6) is 11.5 Å². The molecule has 0 aromatic heterocycles. The van der Waals surface area contributed by atoms with E-state index in [4.69, 9.17) is 24.1 Å². The molecule has 61 heavy (non-hydrogen) atoms. The van der Waals surface area contributed by atoms with Crippen LogP contribution in [-0.4, -0.2) is 112 Å². The third-order valence-electron chi connectivity index (χ3n) is 11.0. The molecular formula is C46H62F3N3O9. The number of carboxylic acids is 1. The smallest absolute Gasteiger partial charge is 0.471 e. The second-order valence-electron chi connectivity index (χ2n) is 14.9. The highest BCUT2D eigenvalue weighted by molar-refractivity contribution is 5.81. The molecule has 336 valence electrons. The molecule has 0 bridgehead atoms. The first-order valence-corrected chi connectivity index (χ1v) is 20.9. The van der Waals surface area contributed by atoms with Crippen molar-refractivity contribution in [3.63, 3.8) is 0 Å². The van der Waals surface area contributed by atoms with E-state index in [2.05, 4.69) is 25.7 Å². The highest BCUT2D eigenvalue weighted by Gasteiger charge is 2.44. The summed E-state index contributed by atoms with van der Waals surface area (Å²) in [5, 5.41) is 10.9. The first-order chi connectivity index (χ1) is 29.2. The Hall–Kier alpha value is -5.15. The number of hydrogen-bond acceptors (Lipinski definition) is 9. The molecule has 3 aromatic carbocycles. The largest absolute Gasteiger partial charge is 0.497 e. The highest BCUT2D eigenvalue weighted by Crippen LogP contribution is 2.44. The highest BCUT2D eigenvalue weighted by atomic mass is 19.4. The monoisotopic (exact) mass is 857 g/mol. The van der Waals surface area contributed by atoms with E-state index in [0.29, 0.717) is 56.7 Å². The van der Waals surface area contributed by atoms with Gasteiger partial charge in [-0.15, -0.1) is 0 Å². The number of unbranched alkanes of at least 4 members (excludes halogenated alkanes) is 2. The number of likely N-dealkylation sites (tertiary alicyclic amines) is 1. The van der Waals surface area contributed by atoms with Crippen LogP contribution in [-0.2, 0) is 34.3 Å². The van der Waals surface area contributed by atoms with Gasteiger partial charge in [-0.3, -0.25) is 19.2 Å². The number of nitrogens with one attached hydrogen (secondary N) is 1. The Morgan fingerprint density at radius 3 is 1.70 bits per heavy atom. The second kappa shape index (κ2) is 24.9. The van der Waals surface area contributed by atoms with Gasteiger partial charge in [0.2, 0.25) is 5.91 Å². The molecule has 1 saturated heterocycles. The van der Waals surface area contributed by atoms with Crippen LogP contribution in [0.15, 0.2) is 78.9 Å². The van der Waals surface area contributed by atoms with Crippen LogP contribution in [0, 0.1) is 5.41 Å². The van der Waals surface area contributed by atoms with Crippen molar-refractivity contribution in [1.82, 2.24) is 15.1 Å². The maximum absolute atomic E-state index is 13.2. The number of piperidine rings is 1. The number of carboxylic acid groups (broad SMARTS) is 1. The van der Waals surface area contributed by atoms with Crippen LogP contribution in [0.1, 0.15) is 88.8 Å². The number of ether oxygens (including phenoxy) is 4. The van der Waals surface area contributed by atoms with Crippen molar-refractivity contribution < 1.29 is 56.4 Å². The number of carbonyl (C=O) groups is 4. The number of amides is 2. The number of alkyl halides is 3. The summed E-state index contributed by atoms with van der Waals surface area (Å²) in [4.78, 5) is 52.1. The van der Waals surface area contributed by atoms with E-state index in [-0.39, 0.29) is 44.9 Å². The molecule has 0 spiro atoms. The van der Waals surface area contributed by atoms with Gasteiger partial charge in [-0.25, -0.2) is 0 Å². The fraction of sp³-hybridized carbons (Fsp3) is 0.522. The third kappa shape index (κ3) is 15.4. The predicted molar refractivity (Wildman–Crippen MR) is 225 cm³/mol. The van der Waals surface area contributed by atoms with Crippen LogP contribution < -0.4 is 14.8 Å². The van der Waals surface area contributed by atoms with Crippen LogP contribution in [0.2, 0.25) is 0 Å². The summed E-state index contributed by atoms with van der Waals surface area (Å²) in [7, 11) is 3.17. The zero-order valence-electron chi connectivity index (χ0n) is 36.1. The first-order valence-electron chi connectivity index (χ1n) is 20.9. The molecule has 15 heteroatoms. The molecule has 2 amide bonds. The van der Waals surface area contributed by atoms with Gasteiger partial charge in [0.25, 0.3) is 0 Å². The van der Waals surface area contributed by atoms with E-state index in [1.165, 1.54) is 19.6 Å². The summed E-state index contributed by atoms with van der Waals surface area (Å²) >= 11 is 0. The number of halogens is 3. The van der Waals surface area contributed by atoms with Crippen molar-refractivity contribution in [2.45, 2.75) is 83.9 Å². The quantitative estimate of drug-likeness (QED) is 0.0589. The lowest BCUT2D eigenvalue weighted by Gasteiger charge is -2.44. The molecule has 1 aliphatic rings.